The Labute approximate surface area is 227 Å². The van der Waals surface area contributed by atoms with Crippen LogP contribution in [-0.4, -0.2) is 14.5 Å². The van der Waals surface area contributed by atoms with Crippen LogP contribution >= 0.6 is 0 Å². The molecule has 0 radical (unpaired) electrons. The van der Waals surface area contributed by atoms with E-state index < -0.39 is 0 Å². The van der Waals surface area contributed by atoms with Crippen LogP contribution < -0.4 is 0 Å². The summed E-state index contributed by atoms with van der Waals surface area (Å²) in [5, 5.41) is 0. The molecular weight excluding hydrogens is 474 g/mol. The Balaban J connectivity index is 1.49. The molecule has 0 N–H and O–H groups in total. The lowest BCUT2D eigenvalue weighted by Gasteiger charge is -2.13. The first-order valence-corrected chi connectivity index (χ1v) is 13.1. The molecule has 0 aliphatic rings. The van der Waals surface area contributed by atoms with Gasteiger partial charge in [0.15, 0.2) is 5.65 Å². The van der Waals surface area contributed by atoms with E-state index >= 15 is 0 Å². The summed E-state index contributed by atoms with van der Waals surface area (Å²) in [7, 11) is 0. The molecule has 3 nitrogen and oxygen atoms in total. The molecule has 0 aliphatic heterocycles. The predicted molar refractivity (Wildman–Crippen MR) is 161 cm³/mol. The average molecular weight is 500 g/mol. The number of para-hydroxylation sites is 1. The molecular formula is C36H25N3. The number of hydrogen-bond donors (Lipinski definition) is 0. The molecule has 3 heteroatoms. The SMILES string of the molecule is c1ccc(-c2cc(-c3ccccc3)cc(-c3nc4cc(-c5ccccc5)cnc4n3-c3ccccc3)c2)cc1. The molecule has 184 valence electrons. The molecule has 0 bridgehead atoms. The zero-order valence-electron chi connectivity index (χ0n) is 21.3. The van der Waals surface area contributed by atoms with E-state index in [1.165, 1.54) is 11.1 Å². The van der Waals surface area contributed by atoms with Crippen molar-refractivity contribution in [2.45, 2.75) is 0 Å². The zero-order valence-corrected chi connectivity index (χ0v) is 21.3. The molecule has 0 saturated heterocycles. The largest absolute Gasteiger partial charge is 0.277 e. The second-order valence-corrected chi connectivity index (χ2v) is 9.57. The summed E-state index contributed by atoms with van der Waals surface area (Å²) in [5.41, 5.74) is 10.6. The molecule has 0 atom stereocenters. The number of rotatable bonds is 5. The Kier molecular flexibility index (Phi) is 5.80. The molecule has 7 aromatic rings. The van der Waals surface area contributed by atoms with E-state index in [9.17, 15) is 0 Å². The van der Waals surface area contributed by atoms with Crippen molar-refractivity contribution < 1.29 is 0 Å². The summed E-state index contributed by atoms with van der Waals surface area (Å²) >= 11 is 0. The Hall–Kier alpha value is -5.28. The van der Waals surface area contributed by atoms with Crippen LogP contribution in [0.25, 0.3) is 61.6 Å². The van der Waals surface area contributed by atoms with E-state index in [0.717, 1.165) is 50.5 Å². The molecule has 0 saturated carbocycles. The highest BCUT2D eigenvalue weighted by Gasteiger charge is 2.18. The summed E-state index contributed by atoms with van der Waals surface area (Å²) in [4.78, 5) is 10.2. The number of aromatic nitrogens is 3. The third-order valence-corrected chi connectivity index (χ3v) is 7.02. The van der Waals surface area contributed by atoms with Crippen LogP contribution in [0.15, 0.2) is 152 Å². The fourth-order valence-corrected chi connectivity index (χ4v) is 5.12. The van der Waals surface area contributed by atoms with Crippen LogP contribution in [0.3, 0.4) is 0 Å². The van der Waals surface area contributed by atoms with Gasteiger partial charge in [0.1, 0.15) is 11.3 Å². The van der Waals surface area contributed by atoms with Gasteiger partial charge in [-0.15, -0.1) is 0 Å². The van der Waals surface area contributed by atoms with Gasteiger partial charge in [-0.1, -0.05) is 109 Å². The van der Waals surface area contributed by atoms with E-state index in [4.69, 9.17) is 9.97 Å². The van der Waals surface area contributed by atoms with Crippen molar-refractivity contribution in [1.82, 2.24) is 14.5 Å². The molecule has 7 rings (SSSR count). The highest BCUT2D eigenvalue weighted by molar-refractivity contribution is 5.86. The van der Waals surface area contributed by atoms with Gasteiger partial charge in [-0.25, -0.2) is 9.97 Å². The summed E-state index contributed by atoms with van der Waals surface area (Å²) < 4.78 is 2.17. The van der Waals surface area contributed by atoms with Crippen LogP contribution in [-0.2, 0) is 0 Å². The van der Waals surface area contributed by atoms with Crippen molar-refractivity contribution in [2.24, 2.45) is 0 Å². The normalized spacial score (nSPS) is 11.1. The van der Waals surface area contributed by atoms with E-state index in [2.05, 4.69) is 126 Å². The zero-order chi connectivity index (χ0) is 26.0. The van der Waals surface area contributed by atoms with Gasteiger partial charge in [-0.3, -0.25) is 4.57 Å². The maximum atomic E-state index is 5.22. The first kappa shape index (κ1) is 22.9. The van der Waals surface area contributed by atoms with E-state index in [0.29, 0.717) is 0 Å². The van der Waals surface area contributed by atoms with Crippen LogP contribution in [0.5, 0.6) is 0 Å². The standard InChI is InChI=1S/C36H25N3/c1-5-13-26(14-6-1)29-21-30(27-15-7-2-8-16-27)23-31(22-29)35-38-34-24-32(28-17-9-3-10-18-28)25-37-36(34)39(35)33-19-11-4-12-20-33/h1-25H. The van der Waals surface area contributed by atoms with Crippen LogP contribution in [0.2, 0.25) is 0 Å². The Bertz CT molecular complexity index is 1820. The van der Waals surface area contributed by atoms with Crippen LogP contribution in [0.4, 0.5) is 0 Å². The van der Waals surface area contributed by atoms with Crippen molar-refractivity contribution in [3.8, 4) is 50.5 Å². The van der Waals surface area contributed by atoms with Gasteiger partial charge >= 0.3 is 0 Å². The molecule has 0 fully saturated rings. The fraction of sp³-hybridized carbons (Fsp3) is 0. The third-order valence-electron chi connectivity index (χ3n) is 7.02. The number of imidazole rings is 1. The van der Waals surface area contributed by atoms with Crippen molar-refractivity contribution in [2.75, 3.05) is 0 Å². The first-order chi connectivity index (χ1) is 19.3. The Morgan fingerprint density at radius 3 is 1.41 bits per heavy atom. The van der Waals surface area contributed by atoms with E-state index in [1.807, 2.05) is 30.5 Å². The molecule has 39 heavy (non-hydrogen) atoms. The van der Waals surface area contributed by atoms with Crippen molar-refractivity contribution >= 4 is 11.2 Å². The fourth-order valence-electron chi connectivity index (χ4n) is 5.12. The molecule has 0 amide bonds. The smallest absolute Gasteiger partial charge is 0.164 e. The van der Waals surface area contributed by atoms with Gasteiger partial charge in [0.25, 0.3) is 0 Å². The molecule has 2 aromatic heterocycles. The molecule has 0 unspecified atom stereocenters. The highest BCUT2D eigenvalue weighted by atomic mass is 15.1. The maximum Gasteiger partial charge on any atom is 0.164 e. The Morgan fingerprint density at radius 1 is 0.410 bits per heavy atom. The molecule has 5 aromatic carbocycles. The summed E-state index contributed by atoms with van der Waals surface area (Å²) in [6.45, 7) is 0. The Morgan fingerprint density at radius 2 is 0.872 bits per heavy atom. The van der Waals surface area contributed by atoms with Crippen LogP contribution in [0.1, 0.15) is 0 Å². The third kappa shape index (κ3) is 4.41. The lowest BCUT2D eigenvalue weighted by atomic mass is 9.96. The second kappa shape index (κ2) is 9.88. The average Bonchev–Trinajstić information content (AvgIpc) is 3.41. The minimum atomic E-state index is 0.835. The second-order valence-electron chi connectivity index (χ2n) is 9.57. The minimum Gasteiger partial charge on any atom is -0.277 e. The number of nitrogens with zero attached hydrogens (tertiary/aromatic N) is 3. The maximum absolute atomic E-state index is 5.22. The van der Waals surface area contributed by atoms with E-state index in [1.54, 1.807) is 0 Å². The van der Waals surface area contributed by atoms with Crippen molar-refractivity contribution in [1.29, 1.82) is 0 Å². The summed E-state index contributed by atoms with van der Waals surface area (Å²) in [6, 6.07) is 50.6. The monoisotopic (exact) mass is 499 g/mol. The van der Waals surface area contributed by atoms with Crippen molar-refractivity contribution in [3.05, 3.63) is 152 Å². The first-order valence-electron chi connectivity index (χ1n) is 13.1. The highest BCUT2D eigenvalue weighted by Crippen LogP contribution is 2.35. The van der Waals surface area contributed by atoms with Gasteiger partial charge in [0.05, 0.1) is 0 Å². The topological polar surface area (TPSA) is 30.7 Å². The number of benzene rings is 5. The molecule has 0 aliphatic carbocycles. The van der Waals surface area contributed by atoms with Gasteiger partial charge in [0, 0.05) is 23.0 Å². The number of fused-ring (bicyclic) bond motifs is 1. The van der Waals surface area contributed by atoms with Crippen LogP contribution in [0, 0.1) is 0 Å². The van der Waals surface area contributed by atoms with Crippen molar-refractivity contribution in [3.63, 3.8) is 0 Å². The lowest BCUT2D eigenvalue weighted by Crippen LogP contribution is -1.99. The van der Waals surface area contributed by atoms with Gasteiger partial charge in [-0.2, -0.15) is 0 Å². The lowest BCUT2D eigenvalue weighted by molar-refractivity contribution is 1.08. The van der Waals surface area contributed by atoms with Gasteiger partial charge in [-0.05, 0) is 64.2 Å². The molecule has 0 spiro atoms. The molecule has 2 heterocycles. The van der Waals surface area contributed by atoms with Gasteiger partial charge < -0.3 is 0 Å². The quantitative estimate of drug-likeness (QED) is 0.236. The summed E-state index contributed by atoms with van der Waals surface area (Å²) in [5.74, 6) is 0.865. The van der Waals surface area contributed by atoms with Gasteiger partial charge in [0.2, 0.25) is 0 Å². The predicted octanol–water partition coefficient (Wildman–Crippen LogP) is 9.09. The minimum absolute atomic E-state index is 0.835. The number of pyridine rings is 1. The summed E-state index contributed by atoms with van der Waals surface area (Å²) in [6.07, 6.45) is 1.94. The number of hydrogen-bond acceptors (Lipinski definition) is 2. The van der Waals surface area contributed by atoms with E-state index in [-0.39, 0.29) is 0 Å².